The van der Waals surface area contributed by atoms with E-state index in [0.29, 0.717) is 11.3 Å². The van der Waals surface area contributed by atoms with Crippen LogP contribution in [0.5, 0.6) is 0 Å². The van der Waals surface area contributed by atoms with E-state index in [2.05, 4.69) is 0 Å². The Morgan fingerprint density at radius 2 is 1.81 bits per heavy atom. The standard InChI is InChI=1S/C16H16F3NS/c1-2-14(21-15-9-4-3-8-13(15)20)11-6-5-7-12(10-11)16(17,18)19/h3-10,14H,2,20H2,1H3/t14-/m0/s1. The van der Waals surface area contributed by atoms with Gasteiger partial charge in [-0.05, 0) is 30.2 Å². The largest absolute Gasteiger partial charge is 0.416 e. The molecule has 2 aromatic carbocycles. The maximum absolute atomic E-state index is 12.8. The number of nitrogens with two attached hydrogens (primary N) is 1. The smallest absolute Gasteiger partial charge is 0.398 e. The van der Waals surface area contributed by atoms with Crippen LogP contribution in [0.4, 0.5) is 18.9 Å². The quantitative estimate of drug-likeness (QED) is 0.593. The van der Waals surface area contributed by atoms with E-state index in [9.17, 15) is 13.2 Å². The fraction of sp³-hybridized carbons (Fsp3) is 0.250. The number of hydrogen-bond acceptors (Lipinski definition) is 2. The Bertz CT molecular complexity index is 610. The monoisotopic (exact) mass is 311 g/mol. The zero-order valence-electron chi connectivity index (χ0n) is 11.5. The predicted molar refractivity (Wildman–Crippen MR) is 81.2 cm³/mol. The minimum absolute atomic E-state index is 0.0583. The second kappa shape index (κ2) is 6.43. The number of benzene rings is 2. The van der Waals surface area contributed by atoms with Gasteiger partial charge in [-0.15, -0.1) is 11.8 Å². The zero-order chi connectivity index (χ0) is 15.5. The number of nitrogen functional groups attached to an aromatic ring is 1. The van der Waals surface area contributed by atoms with Crippen LogP contribution in [0.25, 0.3) is 0 Å². The van der Waals surface area contributed by atoms with Gasteiger partial charge in [0.25, 0.3) is 0 Å². The van der Waals surface area contributed by atoms with Crippen LogP contribution in [0.2, 0.25) is 0 Å². The molecule has 2 rings (SSSR count). The lowest BCUT2D eigenvalue weighted by molar-refractivity contribution is -0.137. The molecule has 0 aliphatic rings. The van der Waals surface area contributed by atoms with Crippen molar-refractivity contribution in [3.63, 3.8) is 0 Å². The normalized spacial score (nSPS) is 13.1. The molecule has 5 heteroatoms. The fourth-order valence-corrected chi connectivity index (χ4v) is 3.16. The third-order valence-electron chi connectivity index (χ3n) is 3.14. The molecule has 1 atom stereocenters. The van der Waals surface area contributed by atoms with Crippen molar-refractivity contribution >= 4 is 17.4 Å². The van der Waals surface area contributed by atoms with Crippen LogP contribution in [-0.2, 0) is 6.18 Å². The molecule has 0 unspecified atom stereocenters. The second-order valence-electron chi connectivity index (χ2n) is 4.68. The Morgan fingerprint density at radius 1 is 1.10 bits per heavy atom. The van der Waals surface area contributed by atoms with Gasteiger partial charge in [-0.1, -0.05) is 37.3 Å². The Kier molecular flexibility index (Phi) is 4.83. The first kappa shape index (κ1) is 15.8. The first-order valence-electron chi connectivity index (χ1n) is 6.60. The van der Waals surface area contributed by atoms with Gasteiger partial charge in [0.05, 0.1) is 5.56 Å². The average molecular weight is 311 g/mol. The van der Waals surface area contributed by atoms with Gasteiger partial charge < -0.3 is 5.73 Å². The summed E-state index contributed by atoms with van der Waals surface area (Å²) < 4.78 is 38.4. The maximum Gasteiger partial charge on any atom is 0.416 e. The van der Waals surface area contributed by atoms with E-state index in [0.717, 1.165) is 17.4 Å². The molecular weight excluding hydrogens is 295 g/mol. The summed E-state index contributed by atoms with van der Waals surface area (Å²) >= 11 is 1.50. The third kappa shape index (κ3) is 3.94. The minimum atomic E-state index is -4.31. The van der Waals surface area contributed by atoms with Gasteiger partial charge in [0.15, 0.2) is 0 Å². The molecule has 2 N–H and O–H groups in total. The molecule has 0 bridgehead atoms. The van der Waals surface area contributed by atoms with Crippen LogP contribution in [-0.4, -0.2) is 0 Å². The summed E-state index contributed by atoms with van der Waals surface area (Å²) in [6.45, 7) is 1.96. The van der Waals surface area contributed by atoms with Gasteiger partial charge in [0.2, 0.25) is 0 Å². The van der Waals surface area contributed by atoms with Crippen molar-refractivity contribution in [1.29, 1.82) is 0 Å². The van der Waals surface area contributed by atoms with Crippen LogP contribution in [0.3, 0.4) is 0 Å². The Hall–Kier alpha value is -1.62. The summed E-state index contributed by atoms with van der Waals surface area (Å²) in [5.41, 5.74) is 6.60. The lowest BCUT2D eigenvalue weighted by atomic mass is 10.1. The molecule has 0 saturated heterocycles. The Balaban J connectivity index is 2.28. The molecule has 0 saturated carbocycles. The highest BCUT2D eigenvalue weighted by Crippen LogP contribution is 2.41. The van der Waals surface area contributed by atoms with Crippen LogP contribution < -0.4 is 5.73 Å². The van der Waals surface area contributed by atoms with E-state index >= 15 is 0 Å². The average Bonchev–Trinajstić information content (AvgIpc) is 2.46. The molecule has 0 aromatic heterocycles. The highest BCUT2D eigenvalue weighted by atomic mass is 32.2. The van der Waals surface area contributed by atoms with Gasteiger partial charge in [-0.25, -0.2) is 0 Å². The van der Waals surface area contributed by atoms with Crippen molar-refractivity contribution in [1.82, 2.24) is 0 Å². The molecule has 1 nitrogen and oxygen atoms in total. The topological polar surface area (TPSA) is 26.0 Å². The number of rotatable bonds is 4. The molecule has 0 aliphatic heterocycles. The third-order valence-corrected chi connectivity index (χ3v) is 4.66. The predicted octanol–water partition coefficient (Wildman–Crippen LogP) is 5.53. The molecule has 0 spiro atoms. The summed E-state index contributed by atoms with van der Waals surface area (Å²) in [6.07, 6.45) is -3.59. The Labute approximate surface area is 126 Å². The molecule has 0 heterocycles. The summed E-state index contributed by atoms with van der Waals surface area (Å²) in [5.74, 6) is 0. The van der Waals surface area contributed by atoms with Crippen molar-refractivity contribution in [3.05, 3.63) is 59.7 Å². The molecule has 21 heavy (non-hydrogen) atoms. The van der Waals surface area contributed by atoms with E-state index in [4.69, 9.17) is 5.73 Å². The number of halogens is 3. The summed E-state index contributed by atoms with van der Waals surface area (Å²) in [6, 6.07) is 12.9. The van der Waals surface area contributed by atoms with Crippen molar-refractivity contribution in [3.8, 4) is 0 Å². The summed E-state index contributed by atoms with van der Waals surface area (Å²) in [5, 5.41) is -0.0583. The molecule has 0 aliphatic carbocycles. The van der Waals surface area contributed by atoms with Crippen LogP contribution in [0.15, 0.2) is 53.4 Å². The first-order valence-corrected chi connectivity index (χ1v) is 7.48. The summed E-state index contributed by atoms with van der Waals surface area (Å²) in [7, 11) is 0. The molecule has 0 amide bonds. The van der Waals surface area contributed by atoms with Gasteiger partial charge in [0.1, 0.15) is 0 Å². The number of thioether (sulfide) groups is 1. The number of anilines is 1. The van der Waals surface area contributed by atoms with E-state index in [1.807, 2.05) is 25.1 Å². The minimum Gasteiger partial charge on any atom is -0.398 e. The van der Waals surface area contributed by atoms with Crippen molar-refractivity contribution in [2.24, 2.45) is 0 Å². The van der Waals surface area contributed by atoms with E-state index < -0.39 is 11.7 Å². The lowest BCUT2D eigenvalue weighted by Crippen LogP contribution is -2.06. The van der Waals surface area contributed by atoms with Gasteiger partial charge in [-0.2, -0.15) is 13.2 Å². The fourth-order valence-electron chi connectivity index (χ4n) is 2.04. The van der Waals surface area contributed by atoms with Crippen molar-refractivity contribution in [2.75, 3.05) is 5.73 Å². The zero-order valence-corrected chi connectivity index (χ0v) is 12.3. The van der Waals surface area contributed by atoms with Crippen molar-refractivity contribution < 1.29 is 13.2 Å². The van der Waals surface area contributed by atoms with Crippen LogP contribution in [0.1, 0.15) is 29.7 Å². The lowest BCUT2D eigenvalue weighted by Gasteiger charge is -2.17. The SMILES string of the molecule is CC[C@H](Sc1ccccc1N)c1cccc(C(F)(F)F)c1. The van der Waals surface area contributed by atoms with Gasteiger partial charge >= 0.3 is 6.18 Å². The van der Waals surface area contributed by atoms with Crippen LogP contribution >= 0.6 is 11.8 Å². The van der Waals surface area contributed by atoms with Crippen LogP contribution in [0, 0.1) is 0 Å². The maximum atomic E-state index is 12.8. The number of hydrogen-bond donors (Lipinski definition) is 1. The summed E-state index contributed by atoms with van der Waals surface area (Å²) in [4.78, 5) is 0.891. The van der Waals surface area contributed by atoms with E-state index in [1.165, 1.54) is 23.9 Å². The molecule has 0 fully saturated rings. The number of para-hydroxylation sites is 1. The highest BCUT2D eigenvalue weighted by Gasteiger charge is 2.31. The second-order valence-corrected chi connectivity index (χ2v) is 5.92. The van der Waals surface area contributed by atoms with Crippen molar-refractivity contribution in [2.45, 2.75) is 29.7 Å². The molecule has 2 aromatic rings. The first-order chi connectivity index (χ1) is 9.91. The highest BCUT2D eigenvalue weighted by molar-refractivity contribution is 7.99. The van der Waals surface area contributed by atoms with E-state index in [1.54, 1.807) is 12.1 Å². The van der Waals surface area contributed by atoms with Gasteiger partial charge in [0, 0.05) is 15.8 Å². The number of alkyl halides is 3. The molecular formula is C16H16F3NS. The van der Waals surface area contributed by atoms with E-state index in [-0.39, 0.29) is 5.25 Å². The Morgan fingerprint density at radius 3 is 2.43 bits per heavy atom. The van der Waals surface area contributed by atoms with Gasteiger partial charge in [-0.3, -0.25) is 0 Å². The molecule has 112 valence electrons. The molecule has 0 radical (unpaired) electrons.